The second kappa shape index (κ2) is 9.75. The van der Waals surface area contributed by atoms with Crippen molar-refractivity contribution in [3.05, 3.63) is 59.2 Å². The number of hydrogen-bond acceptors (Lipinski definition) is 5. The van der Waals surface area contributed by atoms with E-state index in [1.807, 2.05) is 0 Å². The average Bonchev–Trinajstić information content (AvgIpc) is 2.83. The van der Waals surface area contributed by atoms with Crippen molar-refractivity contribution in [2.45, 2.75) is 45.2 Å². The Morgan fingerprint density at radius 3 is 2.56 bits per heavy atom. The summed E-state index contributed by atoms with van der Waals surface area (Å²) < 4.78 is 27.7. The zero-order valence-corrected chi connectivity index (χ0v) is 20.3. The van der Waals surface area contributed by atoms with Crippen molar-refractivity contribution in [2.75, 3.05) is 30.3 Å². The van der Waals surface area contributed by atoms with E-state index in [0.29, 0.717) is 42.7 Å². The van der Waals surface area contributed by atoms with Crippen LogP contribution in [0, 0.1) is 17.0 Å². The normalized spacial score (nSPS) is 16.8. The number of rotatable bonds is 6. The van der Waals surface area contributed by atoms with Gasteiger partial charge in [0.15, 0.2) is 5.78 Å². The van der Waals surface area contributed by atoms with Gasteiger partial charge in [0.25, 0.3) is 0 Å². The number of aliphatic carboxylic acids is 1. The highest BCUT2D eigenvalue weighted by Gasteiger charge is 2.41. The van der Waals surface area contributed by atoms with E-state index in [0.717, 1.165) is 0 Å². The summed E-state index contributed by atoms with van der Waals surface area (Å²) in [6.07, 6.45) is 1.41. The molecule has 0 bridgehead atoms. The van der Waals surface area contributed by atoms with E-state index in [4.69, 9.17) is 0 Å². The van der Waals surface area contributed by atoms with Gasteiger partial charge >= 0.3 is 12.0 Å². The van der Waals surface area contributed by atoms with Crippen LogP contribution < -0.4 is 16.0 Å². The van der Waals surface area contributed by atoms with Crippen molar-refractivity contribution in [3.63, 3.8) is 0 Å². The molecule has 8 nitrogen and oxygen atoms in total. The minimum absolute atomic E-state index is 0.0422. The first-order chi connectivity index (χ1) is 17.0. The van der Waals surface area contributed by atoms with Gasteiger partial charge in [0.2, 0.25) is 0 Å². The van der Waals surface area contributed by atoms with E-state index in [1.165, 1.54) is 18.2 Å². The van der Waals surface area contributed by atoms with E-state index >= 15 is 0 Å². The summed E-state index contributed by atoms with van der Waals surface area (Å²) in [5, 5.41) is 18.3. The summed E-state index contributed by atoms with van der Waals surface area (Å²) in [5.74, 6) is -2.05. The highest BCUT2D eigenvalue weighted by Crippen LogP contribution is 2.37. The Morgan fingerprint density at radius 2 is 1.86 bits per heavy atom. The van der Waals surface area contributed by atoms with E-state index in [2.05, 4.69) is 16.0 Å². The van der Waals surface area contributed by atoms with E-state index < -0.39 is 28.6 Å². The van der Waals surface area contributed by atoms with Crippen LogP contribution in [0.1, 0.15) is 49.0 Å². The molecule has 2 heterocycles. The molecule has 2 amide bonds. The number of hydrogen-bond donors (Lipinski definition) is 4. The predicted molar refractivity (Wildman–Crippen MR) is 131 cm³/mol. The maximum Gasteiger partial charge on any atom is 0.317 e. The highest BCUT2D eigenvalue weighted by molar-refractivity contribution is 6.04. The Morgan fingerprint density at radius 1 is 1.14 bits per heavy atom. The smallest absolute Gasteiger partial charge is 0.317 e. The van der Waals surface area contributed by atoms with Crippen LogP contribution in [0.2, 0.25) is 0 Å². The van der Waals surface area contributed by atoms with Gasteiger partial charge < -0.3 is 26.0 Å². The van der Waals surface area contributed by atoms with Gasteiger partial charge in [0.05, 0.1) is 11.1 Å². The van der Waals surface area contributed by atoms with Gasteiger partial charge in [-0.2, -0.15) is 0 Å². The van der Waals surface area contributed by atoms with Crippen LogP contribution in [0.3, 0.4) is 0 Å². The Balaban J connectivity index is 1.31. The topological polar surface area (TPSA) is 111 Å². The van der Waals surface area contributed by atoms with E-state index in [1.54, 1.807) is 36.9 Å². The zero-order valence-electron chi connectivity index (χ0n) is 20.3. The number of ketones is 1. The number of nitrogens with one attached hydrogen (secondary N) is 3. The number of carbonyl (C=O) groups excluding carboxylic acids is 2. The molecule has 0 radical (unpaired) electrons. The van der Waals surface area contributed by atoms with Gasteiger partial charge in [0.1, 0.15) is 11.6 Å². The number of urea groups is 1. The maximum absolute atomic E-state index is 14.2. The number of piperidine rings is 1. The van der Waals surface area contributed by atoms with Crippen LogP contribution in [0.5, 0.6) is 0 Å². The largest absolute Gasteiger partial charge is 0.481 e. The number of amides is 2. The molecule has 36 heavy (non-hydrogen) atoms. The number of carboxylic acids is 1. The van der Waals surface area contributed by atoms with Crippen LogP contribution in [0.4, 0.5) is 25.0 Å². The van der Waals surface area contributed by atoms with Crippen molar-refractivity contribution >= 4 is 29.2 Å². The van der Waals surface area contributed by atoms with Gasteiger partial charge in [-0.3, -0.25) is 9.59 Å². The molecule has 0 unspecified atom stereocenters. The van der Waals surface area contributed by atoms with E-state index in [9.17, 15) is 28.3 Å². The molecule has 4 N–H and O–H groups in total. The number of anilines is 2. The van der Waals surface area contributed by atoms with Crippen LogP contribution in [-0.2, 0) is 11.3 Å². The zero-order chi connectivity index (χ0) is 26.1. The lowest BCUT2D eigenvalue weighted by Gasteiger charge is -2.45. The quantitative estimate of drug-likeness (QED) is 0.473. The Hall–Kier alpha value is -3.69. The summed E-state index contributed by atoms with van der Waals surface area (Å²) in [4.78, 5) is 38.3. The molecule has 1 spiro atoms. The van der Waals surface area contributed by atoms with Crippen LogP contribution in [0.15, 0.2) is 36.4 Å². The standard InChI is InChI=1S/C26H30F2N4O4/c1-25(2,23(34)35)15-30-21-11-16(3-5-19(21)28)14-29-24(36)32-9-7-26(8-10-32)13-22(33)18-12-17(27)4-6-20(18)31-26/h3-6,11-12,30-31H,7-10,13-15H2,1-2H3,(H,29,36)(H,34,35). The number of nitrogens with zero attached hydrogens (tertiary/aromatic N) is 1. The summed E-state index contributed by atoms with van der Waals surface area (Å²) in [7, 11) is 0. The molecule has 2 aliphatic heterocycles. The SMILES string of the molecule is CC(C)(CNc1cc(CNC(=O)N2CCC3(CC2)CC(=O)c2cc(F)ccc2N3)ccc1F)C(=O)O. The molecular weight excluding hydrogens is 470 g/mol. The number of fused-ring (bicyclic) bond motifs is 1. The fourth-order valence-corrected chi connectivity index (χ4v) is 4.53. The van der Waals surface area contributed by atoms with E-state index in [-0.39, 0.29) is 37.0 Å². The Bertz CT molecular complexity index is 1190. The molecule has 192 valence electrons. The first-order valence-corrected chi connectivity index (χ1v) is 11.9. The van der Waals surface area contributed by atoms with Gasteiger partial charge in [-0.1, -0.05) is 6.07 Å². The second-order valence-corrected chi connectivity index (χ2v) is 10.2. The van der Waals surface area contributed by atoms with Crippen LogP contribution in [-0.4, -0.2) is 53.0 Å². The molecule has 1 fully saturated rings. The van der Waals surface area contributed by atoms with Crippen molar-refractivity contribution in [3.8, 4) is 0 Å². The lowest BCUT2D eigenvalue weighted by molar-refractivity contribution is -0.146. The number of carboxylic acid groups (broad SMARTS) is 1. The number of benzene rings is 2. The number of Topliss-reactive ketones (excluding diaryl/α,β-unsaturated/α-hetero) is 1. The van der Waals surface area contributed by atoms with Crippen LogP contribution in [0.25, 0.3) is 0 Å². The third-order valence-corrected chi connectivity index (χ3v) is 6.96. The highest BCUT2D eigenvalue weighted by atomic mass is 19.1. The fourth-order valence-electron chi connectivity index (χ4n) is 4.53. The van der Waals surface area contributed by atoms with Crippen molar-refractivity contribution in [1.29, 1.82) is 0 Å². The number of halogens is 2. The molecule has 4 rings (SSSR count). The van der Waals surface area contributed by atoms with Gasteiger partial charge in [-0.15, -0.1) is 0 Å². The van der Waals surface area contributed by atoms with Crippen molar-refractivity contribution in [1.82, 2.24) is 10.2 Å². The molecule has 0 atom stereocenters. The van der Waals surface area contributed by atoms with Crippen molar-refractivity contribution < 1.29 is 28.3 Å². The lowest BCUT2D eigenvalue weighted by atomic mass is 9.78. The number of likely N-dealkylation sites (tertiary alicyclic amines) is 1. The minimum atomic E-state index is -1.07. The summed E-state index contributed by atoms with van der Waals surface area (Å²) in [6.45, 7) is 4.20. The summed E-state index contributed by atoms with van der Waals surface area (Å²) in [5.41, 5.74) is 0.290. The van der Waals surface area contributed by atoms with Crippen LogP contribution >= 0.6 is 0 Å². The second-order valence-electron chi connectivity index (χ2n) is 10.2. The first kappa shape index (κ1) is 25.4. The Kier molecular flexibility index (Phi) is 6.88. The third kappa shape index (κ3) is 5.42. The number of carbonyl (C=O) groups is 3. The van der Waals surface area contributed by atoms with Crippen molar-refractivity contribution in [2.24, 2.45) is 5.41 Å². The molecule has 2 aromatic rings. The molecule has 0 aliphatic carbocycles. The monoisotopic (exact) mass is 500 g/mol. The average molecular weight is 501 g/mol. The van der Waals surface area contributed by atoms with Gasteiger partial charge in [-0.05, 0) is 62.6 Å². The minimum Gasteiger partial charge on any atom is -0.481 e. The molecule has 0 aromatic heterocycles. The third-order valence-electron chi connectivity index (χ3n) is 6.96. The molecule has 0 saturated carbocycles. The van der Waals surface area contributed by atoms with Gasteiger partial charge in [0, 0.05) is 49.4 Å². The summed E-state index contributed by atoms with van der Waals surface area (Å²) in [6, 6.07) is 8.28. The molecule has 2 aliphatic rings. The first-order valence-electron chi connectivity index (χ1n) is 11.9. The predicted octanol–water partition coefficient (Wildman–Crippen LogP) is 4.23. The molecular formula is C26H30F2N4O4. The fraction of sp³-hybridized carbons (Fsp3) is 0.423. The molecule has 1 saturated heterocycles. The molecule has 2 aromatic carbocycles. The maximum atomic E-state index is 14.2. The summed E-state index contributed by atoms with van der Waals surface area (Å²) >= 11 is 0. The Labute approximate surface area is 208 Å². The lowest BCUT2D eigenvalue weighted by Crippen LogP contribution is -2.55. The van der Waals surface area contributed by atoms with Gasteiger partial charge in [-0.25, -0.2) is 13.6 Å². The molecule has 10 heteroatoms.